The summed E-state index contributed by atoms with van der Waals surface area (Å²) in [7, 11) is 5.93. The van der Waals surface area contributed by atoms with Crippen LogP contribution >= 0.6 is 0 Å². The van der Waals surface area contributed by atoms with E-state index in [1.165, 1.54) is 257 Å². The Morgan fingerprint density at radius 2 is 0.671 bits per heavy atom. The lowest BCUT2D eigenvalue weighted by Crippen LogP contribution is -2.44. The molecule has 450 valence electrons. The van der Waals surface area contributed by atoms with E-state index in [9.17, 15) is 19.5 Å². The molecule has 9 heteroatoms. The topological polar surface area (TPSA) is 111 Å². The van der Waals surface area contributed by atoms with Crippen LogP contribution in [0.3, 0.4) is 0 Å². The van der Waals surface area contributed by atoms with Gasteiger partial charge in [-0.05, 0) is 38.5 Å². The molecule has 0 aromatic heterocycles. The van der Waals surface area contributed by atoms with Crippen LogP contribution in [0.5, 0.6) is 0 Å². The van der Waals surface area contributed by atoms with Crippen LogP contribution in [0.25, 0.3) is 0 Å². The Balaban J connectivity index is 3.93. The van der Waals surface area contributed by atoms with Crippen LogP contribution in [0.4, 0.5) is 0 Å². The van der Waals surface area contributed by atoms with Gasteiger partial charge in [-0.15, -0.1) is 0 Å². The summed E-state index contributed by atoms with van der Waals surface area (Å²) in [4.78, 5) is 37.3. The van der Waals surface area contributed by atoms with E-state index in [2.05, 4.69) is 26.0 Å². The van der Waals surface area contributed by atoms with Gasteiger partial charge in [0.15, 0.2) is 12.4 Å². The smallest absolute Gasteiger partial charge is 0.306 e. The van der Waals surface area contributed by atoms with Crippen molar-refractivity contribution in [3.63, 3.8) is 0 Å². The van der Waals surface area contributed by atoms with Crippen molar-refractivity contribution in [2.45, 2.75) is 354 Å². The number of nitrogens with zero attached hydrogens (tertiary/aromatic N) is 1. The highest BCUT2D eigenvalue weighted by Gasteiger charge is 2.22. The number of rotatable bonds is 63. The number of aliphatic carboxylic acids is 1. The number of carbonyl (C=O) groups excluding carboxylic acids is 3. The van der Waals surface area contributed by atoms with Crippen molar-refractivity contribution in [1.29, 1.82) is 0 Å². The lowest BCUT2D eigenvalue weighted by molar-refractivity contribution is -0.870. The quantitative estimate of drug-likeness (QED) is 0.0195. The molecule has 0 aromatic carbocycles. The molecule has 76 heavy (non-hydrogen) atoms. The number of likely N-dealkylation sites (N-methyl/N-ethyl adjacent to an activating group) is 1. The third-order valence-corrected chi connectivity index (χ3v) is 15.3. The van der Waals surface area contributed by atoms with Crippen LogP contribution in [0.15, 0.2) is 12.2 Å². The lowest BCUT2D eigenvalue weighted by atomic mass is 10.0. The Kier molecular flexibility index (Phi) is 57.6. The van der Waals surface area contributed by atoms with E-state index >= 15 is 0 Å². The summed E-state index contributed by atoms with van der Waals surface area (Å²) >= 11 is 0. The highest BCUT2D eigenvalue weighted by atomic mass is 16.7. The van der Waals surface area contributed by atoms with E-state index in [0.29, 0.717) is 23.9 Å². The molecule has 0 aromatic rings. The lowest BCUT2D eigenvalue weighted by Gasteiger charge is -2.26. The highest BCUT2D eigenvalue weighted by molar-refractivity contribution is 5.70. The minimum absolute atomic E-state index is 0.150. The predicted octanol–water partition coefficient (Wildman–Crippen LogP) is 18.7. The molecule has 2 atom stereocenters. The molecule has 0 saturated carbocycles. The fourth-order valence-electron chi connectivity index (χ4n) is 10.1. The van der Waals surface area contributed by atoms with Crippen LogP contribution < -0.4 is 5.11 Å². The van der Waals surface area contributed by atoms with E-state index < -0.39 is 24.3 Å². The van der Waals surface area contributed by atoms with E-state index in [-0.39, 0.29) is 32.2 Å². The number of ether oxygens (including phenoxy) is 4. The maximum Gasteiger partial charge on any atom is 0.306 e. The van der Waals surface area contributed by atoms with Gasteiger partial charge in [-0.3, -0.25) is 9.59 Å². The first-order valence-electron chi connectivity index (χ1n) is 33.3. The van der Waals surface area contributed by atoms with Crippen molar-refractivity contribution < 1.29 is 42.9 Å². The van der Waals surface area contributed by atoms with Gasteiger partial charge in [0.25, 0.3) is 0 Å². The Bertz CT molecular complexity index is 1250. The summed E-state index contributed by atoms with van der Waals surface area (Å²) in [5, 5.41) is 11.8. The second-order valence-corrected chi connectivity index (χ2v) is 24.1. The van der Waals surface area contributed by atoms with Crippen molar-refractivity contribution in [3.8, 4) is 0 Å². The van der Waals surface area contributed by atoms with Gasteiger partial charge in [0, 0.05) is 12.8 Å². The van der Waals surface area contributed by atoms with E-state index in [0.717, 1.165) is 51.4 Å². The number of quaternary nitrogens is 1. The van der Waals surface area contributed by atoms with Crippen LogP contribution in [-0.2, 0) is 33.3 Å². The standard InChI is InChI=1S/C67H129NO8/c1-6-8-10-12-14-16-18-20-22-23-24-25-26-27-28-29-30-31-32-33-34-35-36-37-38-39-40-41-42-44-45-47-49-51-53-55-57-64(69)74-61-63(62-75-67(66(71)72)73-60-59-68(3,4)5)76-65(70)58-56-54-52-50-48-46-43-21-19-17-15-13-11-9-7-2/h21,43,63,67H,6-20,22-42,44-62H2,1-5H3/b43-21-. The molecule has 0 N–H and O–H groups in total. The average molecular weight is 1080 g/mol. The third-order valence-electron chi connectivity index (χ3n) is 15.3. The number of hydrogen-bond donors (Lipinski definition) is 0. The Morgan fingerprint density at radius 3 is 0.974 bits per heavy atom. The largest absolute Gasteiger partial charge is 0.545 e. The summed E-state index contributed by atoms with van der Waals surface area (Å²) in [5.41, 5.74) is 0. The molecule has 0 aliphatic rings. The van der Waals surface area contributed by atoms with Crippen molar-refractivity contribution in [2.75, 3.05) is 47.5 Å². The van der Waals surface area contributed by atoms with Crippen molar-refractivity contribution in [3.05, 3.63) is 12.2 Å². The molecule has 0 radical (unpaired) electrons. The molecular formula is C67H129NO8. The maximum absolute atomic E-state index is 12.8. The van der Waals surface area contributed by atoms with Gasteiger partial charge < -0.3 is 33.3 Å². The van der Waals surface area contributed by atoms with Crippen LogP contribution in [0.2, 0.25) is 0 Å². The van der Waals surface area contributed by atoms with Crippen molar-refractivity contribution in [2.24, 2.45) is 0 Å². The average Bonchev–Trinajstić information content (AvgIpc) is 3.39. The first-order chi connectivity index (χ1) is 37.1. The van der Waals surface area contributed by atoms with Crippen molar-refractivity contribution in [1.82, 2.24) is 0 Å². The zero-order chi connectivity index (χ0) is 55.5. The molecule has 0 aliphatic carbocycles. The van der Waals surface area contributed by atoms with Crippen LogP contribution in [0, 0.1) is 0 Å². The Labute approximate surface area is 472 Å². The van der Waals surface area contributed by atoms with Gasteiger partial charge in [0.1, 0.15) is 13.2 Å². The highest BCUT2D eigenvalue weighted by Crippen LogP contribution is 2.19. The number of carboxylic acid groups (broad SMARTS) is 1. The monoisotopic (exact) mass is 1080 g/mol. The summed E-state index contributed by atoms with van der Waals surface area (Å²) < 4.78 is 22.7. The SMILES string of the molecule is CCCCCCCC/C=C\CCCCCCCC(=O)OC(COC(=O)CCCCCCCCCCCCCCCCCCCCCCCCCCCCCCCCCCCCCC)COC(OCC[N+](C)(C)C)C(=O)[O-]. The van der Waals surface area contributed by atoms with Crippen LogP contribution in [0.1, 0.15) is 341 Å². The second-order valence-electron chi connectivity index (χ2n) is 24.1. The van der Waals surface area contributed by atoms with E-state index in [1.807, 2.05) is 21.1 Å². The van der Waals surface area contributed by atoms with E-state index in [1.54, 1.807) is 0 Å². The number of hydrogen-bond acceptors (Lipinski definition) is 8. The molecule has 0 saturated heterocycles. The molecule has 0 fully saturated rings. The Morgan fingerprint density at radius 1 is 0.382 bits per heavy atom. The fourth-order valence-corrected chi connectivity index (χ4v) is 10.1. The van der Waals surface area contributed by atoms with Gasteiger partial charge in [-0.25, -0.2) is 0 Å². The first kappa shape index (κ1) is 74.0. The molecular weight excluding hydrogens is 947 g/mol. The second kappa shape index (κ2) is 59.2. The number of carbonyl (C=O) groups is 3. The fraction of sp³-hybridized carbons (Fsp3) is 0.925. The minimum atomic E-state index is -1.62. The molecule has 0 heterocycles. The number of unbranched alkanes of at least 4 members (excludes halogenated alkanes) is 46. The van der Waals surface area contributed by atoms with Gasteiger partial charge in [0.2, 0.25) is 0 Å². The summed E-state index contributed by atoms with van der Waals surface area (Å²) in [6.45, 7) is 4.79. The van der Waals surface area contributed by atoms with Gasteiger partial charge >= 0.3 is 11.9 Å². The summed E-state index contributed by atoms with van der Waals surface area (Å²) in [6, 6.07) is 0. The van der Waals surface area contributed by atoms with Gasteiger partial charge in [0.05, 0.1) is 40.3 Å². The molecule has 0 amide bonds. The van der Waals surface area contributed by atoms with Crippen molar-refractivity contribution >= 4 is 17.9 Å². The predicted molar refractivity (Wildman–Crippen MR) is 320 cm³/mol. The van der Waals surface area contributed by atoms with Gasteiger partial charge in [-0.1, -0.05) is 302 Å². The summed E-state index contributed by atoms with van der Waals surface area (Å²) in [6.07, 6.45) is 67.4. The summed E-state index contributed by atoms with van der Waals surface area (Å²) in [5.74, 6) is -2.27. The zero-order valence-electron chi connectivity index (χ0n) is 51.4. The number of allylic oxidation sites excluding steroid dienone is 2. The zero-order valence-corrected chi connectivity index (χ0v) is 51.4. The number of esters is 2. The molecule has 0 aliphatic heterocycles. The van der Waals surface area contributed by atoms with Gasteiger partial charge in [-0.2, -0.15) is 0 Å². The molecule has 0 bridgehead atoms. The molecule has 2 unspecified atom stereocenters. The molecule has 0 spiro atoms. The van der Waals surface area contributed by atoms with Crippen LogP contribution in [-0.4, -0.2) is 82.3 Å². The maximum atomic E-state index is 12.8. The Hall–Kier alpha value is -1.97. The first-order valence-corrected chi connectivity index (χ1v) is 33.3. The normalized spacial score (nSPS) is 12.7. The third kappa shape index (κ3) is 59.7. The van der Waals surface area contributed by atoms with E-state index in [4.69, 9.17) is 18.9 Å². The molecule has 9 nitrogen and oxygen atoms in total. The molecule has 0 rings (SSSR count). The minimum Gasteiger partial charge on any atom is -0.545 e. The number of carboxylic acids is 1.